The van der Waals surface area contributed by atoms with Gasteiger partial charge < -0.3 is 15.5 Å². The van der Waals surface area contributed by atoms with Crippen LogP contribution >= 0.6 is 15.9 Å². The van der Waals surface area contributed by atoms with Gasteiger partial charge in [-0.25, -0.2) is 0 Å². The van der Waals surface area contributed by atoms with Crippen LogP contribution in [0.5, 0.6) is 0 Å². The molecule has 1 saturated heterocycles. The maximum Gasteiger partial charge on any atom is 0.227 e. The van der Waals surface area contributed by atoms with Crippen molar-refractivity contribution in [3.8, 4) is 0 Å². The predicted molar refractivity (Wildman–Crippen MR) is 90.5 cm³/mol. The van der Waals surface area contributed by atoms with Crippen LogP contribution in [0.3, 0.4) is 0 Å². The Morgan fingerprint density at radius 2 is 2.24 bits per heavy atom. The quantitative estimate of drug-likeness (QED) is 0.854. The van der Waals surface area contributed by atoms with Gasteiger partial charge in [-0.05, 0) is 43.7 Å². The first-order valence-electron chi connectivity index (χ1n) is 7.46. The number of hydrogen-bond donors (Lipinski definition) is 2. The molecule has 0 radical (unpaired) electrons. The predicted octanol–water partition coefficient (Wildman–Crippen LogP) is 2.52. The number of amides is 1. The molecule has 1 aliphatic rings. The summed E-state index contributed by atoms with van der Waals surface area (Å²) in [7, 11) is 1.71. The lowest BCUT2D eigenvalue weighted by Gasteiger charge is -2.26. The van der Waals surface area contributed by atoms with Crippen molar-refractivity contribution >= 4 is 27.5 Å². The zero-order valence-corrected chi connectivity index (χ0v) is 14.6. The maximum absolute atomic E-state index is 12.1. The first-order valence-corrected chi connectivity index (χ1v) is 8.26. The summed E-state index contributed by atoms with van der Waals surface area (Å²) < 4.78 is 1.09. The fourth-order valence-electron chi connectivity index (χ4n) is 2.92. The Labute approximate surface area is 135 Å². The smallest absolute Gasteiger partial charge is 0.227 e. The van der Waals surface area contributed by atoms with Crippen molar-refractivity contribution in [2.45, 2.75) is 26.8 Å². The Morgan fingerprint density at radius 3 is 2.90 bits per heavy atom. The average Bonchev–Trinajstić information content (AvgIpc) is 2.88. The van der Waals surface area contributed by atoms with Crippen LogP contribution in [0, 0.1) is 5.41 Å². The largest absolute Gasteiger partial charge is 0.370 e. The number of carbonyl (C=O) groups excluding carboxylic acids is 1. The molecule has 4 nitrogen and oxygen atoms in total. The van der Waals surface area contributed by atoms with Gasteiger partial charge in [0.15, 0.2) is 0 Å². The van der Waals surface area contributed by atoms with Crippen LogP contribution in [0.25, 0.3) is 0 Å². The number of halogens is 1. The molecule has 2 rings (SSSR count). The third-order valence-electron chi connectivity index (χ3n) is 4.20. The number of nitrogens with zero attached hydrogens (tertiary/aromatic N) is 1. The zero-order valence-electron chi connectivity index (χ0n) is 13.0. The molecular formula is C16H24BrN3O. The van der Waals surface area contributed by atoms with E-state index < -0.39 is 0 Å². The third-order valence-corrected chi connectivity index (χ3v) is 4.69. The van der Waals surface area contributed by atoms with Gasteiger partial charge in [-0.3, -0.25) is 4.79 Å². The maximum atomic E-state index is 12.1. The van der Waals surface area contributed by atoms with E-state index in [1.165, 1.54) is 11.3 Å². The number of nitrogens with one attached hydrogen (secondary N) is 2. The van der Waals surface area contributed by atoms with Crippen molar-refractivity contribution in [1.82, 2.24) is 10.6 Å². The van der Waals surface area contributed by atoms with E-state index in [9.17, 15) is 4.79 Å². The second-order valence-corrected chi connectivity index (χ2v) is 6.78. The molecule has 1 amide bonds. The third kappa shape index (κ3) is 3.58. The van der Waals surface area contributed by atoms with Gasteiger partial charge in [0.2, 0.25) is 5.91 Å². The molecule has 21 heavy (non-hydrogen) atoms. The van der Waals surface area contributed by atoms with Crippen LogP contribution in [0.1, 0.15) is 25.8 Å². The van der Waals surface area contributed by atoms with Gasteiger partial charge in [0.05, 0.1) is 5.41 Å². The molecule has 1 aromatic rings. The summed E-state index contributed by atoms with van der Waals surface area (Å²) in [5.41, 5.74) is 2.20. The average molecular weight is 354 g/mol. The summed E-state index contributed by atoms with van der Waals surface area (Å²) in [6.07, 6.45) is 0.892. The highest BCUT2D eigenvalue weighted by Crippen LogP contribution is 2.35. The number of rotatable bonds is 5. The van der Waals surface area contributed by atoms with Crippen molar-refractivity contribution in [3.63, 3.8) is 0 Å². The van der Waals surface area contributed by atoms with Crippen molar-refractivity contribution < 1.29 is 4.79 Å². The Bertz CT molecular complexity index is 520. The number of benzene rings is 1. The van der Waals surface area contributed by atoms with Gasteiger partial charge in [-0.1, -0.05) is 22.9 Å². The van der Waals surface area contributed by atoms with E-state index in [0.29, 0.717) is 0 Å². The summed E-state index contributed by atoms with van der Waals surface area (Å²) in [5.74, 6) is 0.135. The highest BCUT2D eigenvalue weighted by molar-refractivity contribution is 9.10. The van der Waals surface area contributed by atoms with Crippen LogP contribution in [0.15, 0.2) is 22.7 Å². The minimum atomic E-state index is -0.294. The topological polar surface area (TPSA) is 44.4 Å². The highest BCUT2D eigenvalue weighted by Gasteiger charge is 2.40. The molecule has 1 aliphatic heterocycles. The molecule has 116 valence electrons. The molecule has 1 aromatic carbocycles. The Kier molecular flexibility index (Phi) is 5.27. The molecule has 0 spiro atoms. The summed E-state index contributed by atoms with van der Waals surface area (Å²) in [4.78, 5) is 14.4. The van der Waals surface area contributed by atoms with Crippen LogP contribution in [-0.4, -0.2) is 32.6 Å². The molecule has 1 heterocycles. The minimum Gasteiger partial charge on any atom is -0.370 e. The normalized spacial score (nSPS) is 21.6. The lowest BCUT2D eigenvalue weighted by molar-refractivity contribution is -0.128. The van der Waals surface area contributed by atoms with Gasteiger partial charge in [0.1, 0.15) is 0 Å². The van der Waals surface area contributed by atoms with Gasteiger partial charge in [0.25, 0.3) is 0 Å². The van der Waals surface area contributed by atoms with E-state index in [1.54, 1.807) is 7.05 Å². The first-order chi connectivity index (χ1) is 10.00. The Balaban J connectivity index is 2.21. The molecule has 0 saturated carbocycles. The number of hydrogen-bond acceptors (Lipinski definition) is 3. The Hall–Kier alpha value is -1.07. The van der Waals surface area contributed by atoms with Crippen LogP contribution in [0.4, 0.5) is 5.69 Å². The summed E-state index contributed by atoms with van der Waals surface area (Å²) in [5, 5.41) is 6.18. The fraction of sp³-hybridized carbons (Fsp3) is 0.562. The van der Waals surface area contributed by atoms with E-state index in [4.69, 9.17) is 0 Å². The molecular weight excluding hydrogens is 330 g/mol. The van der Waals surface area contributed by atoms with Gasteiger partial charge in [0, 0.05) is 36.8 Å². The lowest BCUT2D eigenvalue weighted by atomic mass is 9.89. The van der Waals surface area contributed by atoms with Gasteiger partial charge >= 0.3 is 0 Å². The van der Waals surface area contributed by atoms with E-state index in [2.05, 4.69) is 63.5 Å². The number of carbonyl (C=O) groups is 1. The van der Waals surface area contributed by atoms with Crippen LogP contribution in [-0.2, 0) is 11.3 Å². The molecule has 2 N–H and O–H groups in total. The number of anilines is 1. The monoisotopic (exact) mass is 353 g/mol. The summed E-state index contributed by atoms with van der Waals surface area (Å²) in [6, 6.07) is 6.38. The molecule has 0 aliphatic carbocycles. The SMILES string of the molecule is CCNCc1cc(Br)ccc1N1CCC(C)(C(=O)NC)C1. The fourth-order valence-corrected chi connectivity index (χ4v) is 3.33. The second-order valence-electron chi connectivity index (χ2n) is 5.86. The van der Waals surface area contributed by atoms with Gasteiger partial charge in [-0.2, -0.15) is 0 Å². The zero-order chi connectivity index (χ0) is 15.5. The van der Waals surface area contributed by atoms with E-state index >= 15 is 0 Å². The van der Waals surface area contributed by atoms with E-state index in [0.717, 1.165) is 37.1 Å². The summed E-state index contributed by atoms with van der Waals surface area (Å²) >= 11 is 3.54. The van der Waals surface area contributed by atoms with E-state index in [1.807, 2.05) is 0 Å². The minimum absolute atomic E-state index is 0.135. The van der Waals surface area contributed by atoms with Crippen molar-refractivity contribution in [2.75, 3.05) is 31.6 Å². The molecule has 0 bridgehead atoms. The van der Waals surface area contributed by atoms with Crippen molar-refractivity contribution in [1.29, 1.82) is 0 Å². The molecule has 1 atom stereocenters. The van der Waals surface area contributed by atoms with E-state index in [-0.39, 0.29) is 11.3 Å². The molecule has 0 aromatic heterocycles. The lowest BCUT2D eigenvalue weighted by Crippen LogP contribution is -2.39. The first kappa shape index (κ1) is 16.3. The highest BCUT2D eigenvalue weighted by atomic mass is 79.9. The Morgan fingerprint density at radius 1 is 1.48 bits per heavy atom. The van der Waals surface area contributed by atoms with Crippen LogP contribution in [0.2, 0.25) is 0 Å². The summed E-state index contributed by atoms with van der Waals surface area (Å²) in [6.45, 7) is 7.64. The second kappa shape index (κ2) is 6.79. The van der Waals surface area contributed by atoms with Crippen molar-refractivity contribution in [2.24, 2.45) is 5.41 Å². The van der Waals surface area contributed by atoms with Gasteiger partial charge in [-0.15, -0.1) is 0 Å². The van der Waals surface area contributed by atoms with Crippen LogP contribution < -0.4 is 15.5 Å². The van der Waals surface area contributed by atoms with Crippen molar-refractivity contribution in [3.05, 3.63) is 28.2 Å². The molecule has 1 fully saturated rings. The molecule has 5 heteroatoms. The molecule has 1 unspecified atom stereocenters. The standard InChI is InChI=1S/C16H24BrN3O/c1-4-19-10-12-9-13(17)5-6-14(12)20-8-7-16(2,11-20)15(21)18-3/h5-6,9,19H,4,7-8,10-11H2,1-3H3,(H,18,21).